The van der Waals surface area contributed by atoms with Crippen molar-refractivity contribution in [2.24, 2.45) is 7.05 Å². The molecule has 0 bridgehead atoms. The van der Waals surface area contributed by atoms with Crippen LogP contribution in [-0.2, 0) is 7.05 Å². The maximum atomic E-state index is 10.3. The molecule has 0 radical (unpaired) electrons. The Morgan fingerprint density at radius 2 is 1.94 bits per heavy atom. The molecule has 0 saturated heterocycles. The van der Waals surface area contributed by atoms with Crippen molar-refractivity contribution in [2.75, 3.05) is 13.6 Å². The van der Waals surface area contributed by atoms with Gasteiger partial charge in [-0.25, -0.2) is 0 Å². The topological polar surface area (TPSA) is 57.4 Å². The van der Waals surface area contributed by atoms with Gasteiger partial charge in [-0.1, -0.05) is 18.2 Å². The monoisotopic (exact) mass is 248 g/mol. The van der Waals surface area contributed by atoms with Crippen molar-refractivity contribution in [3.63, 3.8) is 0 Å². The minimum atomic E-state index is -0.872. The molecule has 4 heteroatoms. The van der Waals surface area contributed by atoms with Gasteiger partial charge in [-0.2, -0.15) is 0 Å². The molecule has 0 fully saturated rings. The van der Waals surface area contributed by atoms with Crippen molar-refractivity contribution in [2.45, 2.75) is 19.1 Å². The molecule has 0 aliphatic carbocycles. The molecule has 0 aliphatic rings. The van der Waals surface area contributed by atoms with Crippen molar-refractivity contribution in [3.05, 3.63) is 35.5 Å². The predicted molar refractivity (Wildman–Crippen MR) is 72.5 cm³/mol. The van der Waals surface area contributed by atoms with Crippen LogP contribution in [0.25, 0.3) is 10.9 Å². The normalized spacial score (nSPS) is 14.9. The van der Waals surface area contributed by atoms with E-state index in [1.54, 1.807) is 7.05 Å². The Labute approximate surface area is 107 Å². The minimum absolute atomic E-state index is 0.365. The SMILES string of the molecule is CNCC(O)C(O)c1c(C)n(C)c2ccccc12. The number of aliphatic hydroxyl groups is 2. The minimum Gasteiger partial charge on any atom is -0.389 e. The Morgan fingerprint density at radius 3 is 2.61 bits per heavy atom. The summed E-state index contributed by atoms with van der Waals surface area (Å²) in [5.41, 5.74) is 2.87. The number of aromatic nitrogens is 1. The number of likely N-dealkylation sites (N-methyl/N-ethyl adjacent to an activating group) is 1. The summed E-state index contributed by atoms with van der Waals surface area (Å²) in [5, 5.41) is 24.1. The average molecular weight is 248 g/mol. The molecule has 1 aromatic carbocycles. The number of hydrogen-bond acceptors (Lipinski definition) is 3. The number of para-hydroxylation sites is 1. The van der Waals surface area contributed by atoms with E-state index in [-0.39, 0.29) is 0 Å². The van der Waals surface area contributed by atoms with Crippen LogP contribution in [0.1, 0.15) is 17.4 Å². The van der Waals surface area contributed by atoms with Gasteiger partial charge in [0.15, 0.2) is 0 Å². The van der Waals surface area contributed by atoms with E-state index in [4.69, 9.17) is 0 Å². The molecule has 2 aromatic rings. The third-order valence-electron chi connectivity index (χ3n) is 3.52. The van der Waals surface area contributed by atoms with Gasteiger partial charge in [-0.05, 0) is 20.0 Å². The first-order valence-electron chi connectivity index (χ1n) is 6.12. The van der Waals surface area contributed by atoms with Crippen molar-refractivity contribution >= 4 is 10.9 Å². The molecule has 2 unspecified atom stereocenters. The van der Waals surface area contributed by atoms with Crippen molar-refractivity contribution in [3.8, 4) is 0 Å². The van der Waals surface area contributed by atoms with Gasteiger partial charge in [0.2, 0.25) is 0 Å². The lowest BCUT2D eigenvalue weighted by atomic mass is 10.0. The van der Waals surface area contributed by atoms with Crippen LogP contribution in [0.4, 0.5) is 0 Å². The fraction of sp³-hybridized carbons (Fsp3) is 0.429. The first-order chi connectivity index (χ1) is 8.57. The van der Waals surface area contributed by atoms with E-state index in [9.17, 15) is 10.2 Å². The second-order valence-electron chi connectivity index (χ2n) is 4.65. The van der Waals surface area contributed by atoms with Crippen LogP contribution < -0.4 is 5.32 Å². The van der Waals surface area contributed by atoms with Gasteiger partial charge in [-0.15, -0.1) is 0 Å². The lowest BCUT2D eigenvalue weighted by Crippen LogP contribution is -2.29. The quantitative estimate of drug-likeness (QED) is 0.759. The maximum Gasteiger partial charge on any atom is 0.108 e. The van der Waals surface area contributed by atoms with Crippen molar-refractivity contribution in [1.82, 2.24) is 9.88 Å². The standard InChI is InChI=1S/C14H20N2O2/c1-9-13(14(18)12(17)8-15-2)10-6-4-5-7-11(10)16(9)3/h4-7,12,14-15,17-18H,8H2,1-3H3. The highest BCUT2D eigenvalue weighted by atomic mass is 16.3. The summed E-state index contributed by atoms with van der Waals surface area (Å²) < 4.78 is 2.04. The number of aryl methyl sites for hydroxylation is 1. The van der Waals surface area contributed by atoms with Crippen LogP contribution in [-0.4, -0.2) is 34.5 Å². The van der Waals surface area contributed by atoms with E-state index >= 15 is 0 Å². The van der Waals surface area contributed by atoms with E-state index in [1.807, 2.05) is 42.8 Å². The smallest absolute Gasteiger partial charge is 0.108 e. The fourth-order valence-electron chi connectivity index (χ4n) is 2.44. The lowest BCUT2D eigenvalue weighted by molar-refractivity contribution is 0.0206. The summed E-state index contributed by atoms with van der Waals surface area (Å²) in [6.45, 7) is 2.33. The number of nitrogens with zero attached hydrogens (tertiary/aromatic N) is 1. The number of benzene rings is 1. The van der Waals surface area contributed by atoms with Gasteiger partial charge in [0.1, 0.15) is 6.10 Å². The Morgan fingerprint density at radius 1 is 1.28 bits per heavy atom. The lowest BCUT2D eigenvalue weighted by Gasteiger charge is -2.18. The van der Waals surface area contributed by atoms with E-state index in [2.05, 4.69) is 5.32 Å². The highest BCUT2D eigenvalue weighted by Gasteiger charge is 2.24. The third kappa shape index (κ3) is 2.03. The molecule has 0 aliphatic heterocycles. The van der Waals surface area contributed by atoms with Gasteiger partial charge in [-0.3, -0.25) is 0 Å². The maximum absolute atomic E-state index is 10.3. The largest absolute Gasteiger partial charge is 0.389 e. The summed E-state index contributed by atoms with van der Waals surface area (Å²) >= 11 is 0. The van der Waals surface area contributed by atoms with Gasteiger partial charge < -0.3 is 20.1 Å². The zero-order valence-corrected chi connectivity index (χ0v) is 11.0. The third-order valence-corrected chi connectivity index (χ3v) is 3.52. The predicted octanol–water partition coefficient (Wildman–Crippen LogP) is 1.10. The summed E-state index contributed by atoms with van der Waals surface area (Å²) in [4.78, 5) is 0. The summed E-state index contributed by atoms with van der Waals surface area (Å²) in [5.74, 6) is 0. The zero-order chi connectivity index (χ0) is 13.3. The zero-order valence-electron chi connectivity index (χ0n) is 11.0. The van der Waals surface area contributed by atoms with E-state index in [0.717, 1.165) is 22.2 Å². The molecule has 3 N–H and O–H groups in total. The molecule has 0 amide bonds. The van der Waals surface area contributed by atoms with Crippen LogP contribution in [0.15, 0.2) is 24.3 Å². The highest BCUT2D eigenvalue weighted by molar-refractivity contribution is 5.85. The molecule has 1 aromatic heterocycles. The number of hydrogen-bond donors (Lipinski definition) is 3. The van der Waals surface area contributed by atoms with Crippen molar-refractivity contribution < 1.29 is 10.2 Å². The fourth-order valence-corrected chi connectivity index (χ4v) is 2.44. The summed E-state index contributed by atoms with van der Waals surface area (Å²) in [6, 6.07) is 7.92. The molecule has 4 nitrogen and oxygen atoms in total. The second-order valence-corrected chi connectivity index (χ2v) is 4.65. The summed E-state index contributed by atoms with van der Waals surface area (Å²) in [6.07, 6.45) is -1.68. The molecule has 0 saturated carbocycles. The number of aliphatic hydroxyl groups excluding tert-OH is 2. The van der Waals surface area contributed by atoms with Gasteiger partial charge in [0, 0.05) is 35.8 Å². The van der Waals surface area contributed by atoms with Crippen LogP contribution >= 0.6 is 0 Å². The van der Waals surface area contributed by atoms with E-state index in [1.165, 1.54) is 0 Å². The van der Waals surface area contributed by atoms with Crippen LogP contribution in [0.5, 0.6) is 0 Å². The van der Waals surface area contributed by atoms with Gasteiger partial charge in [0.05, 0.1) is 6.10 Å². The molecule has 1 heterocycles. The van der Waals surface area contributed by atoms with E-state index < -0.39 is 12.2 Å². The van der Waals surface area contributed by atoms with Crippen LogP contribution in [0, 0.1) is 6.92 Å². The summed E-state index contributed by atoms with van der Waals surface area (Å²) in [7, 11) is 3.73. The highest BCUT2D eigenvalue weighted by Crippen LogP contribution is 2.31. The number of nitrogens with one attached hydrogen (secondary N) is 1. The number of rotatable bonds is 4. The Hall–Kier alpha value is -1.36. The molecular weight excluding hydrogens is 228 g/mol. The molecule has 18 heavy (non-hydrogen) atoms. The molecular formula is C14H20N2O2. The van der Waals surface area contributed by atoms with Gasteiger partial charge in [0.25, 0.3) is 0 Å². The molecule has 98 valence electrons. The Bertz CT molecular complexity index is 548. The first-order valence-corrected chi connectivity index (χ1v) is 6.12. The second kappa shape index (κ2) is 5.10. The molecule has 2 atom stereocenters. The van der Waals surface area contributed by atoms with Crippen LogP contribution in [0.2, 0.25) is 0 Å². The van der Waals surface area contributed by atoms with Gasteiger partial charge >= 0.3 is 0 Å². The number of fused-ring (bicyclic) bond motifs is 1. The average Bonchev–Trinajstić information content (AvgIpc) is 2.62. The van der Waals surface area contributed by atoms with Crippen LogP contribution in [0.3, 0.4) is 0 Å². The molecule has 2 rings (SSSR count). The first kappa shape index (κ1) is 13.1. The Balaban J connectivity index is 2.53. The van der Waals surface area contributed by atoms with Crippen molar-refractivity contribution in [1.29, 1.82) is 0 Å². The Kier molecular flexibility index (Phi) is 3.71. The molecule has 0 spiro atoms. The van der Waals surface area contributed by atoms with E-state index in [0.29, 0.717) is 6.54 Å².